The van der Waals surface area contributed by atoms with E-state index < -0.39 is 10.0 Å². The third-order valence-electron chi connectivity index (χ3n) is 2.95. The summed E-state index contributed by atoms with van der Waals surface area (Å²) in [5, 5.41) is 0. The van der Waals surface area contributed by atoms with E-state index in [1.54, 1.807) is 18.2 Å². The van der Waals surface area contributed by atoms with E-state index in [0.717, 1.165) is 13.1 Å². The first-order chi connectivity index (χ1) is 9.05. The van der Waals surface area contributed by atoms with E-state index in [1.165, 1.54) is 6.07 Å². The Kier molecular flexibility index (Phi) is 6.23. The molecule has 0 aromatic heterocycles. The second-order valence-electron chi connectivity index (χ2n) is 4.07. The van der Waals surface area contributed by atoms with Crippen LogP contribution in [0, 0.1) is 0 Å². The van der Waals surface area contributed by atoms with Crippen molar-refractivity contribution in [3.05, 3.63) is 24.3 Å². The van der Waals surface area contributed by atoms with Gasteiger partial charge in [-0.05, 0) is 25.2 Å². The van der Waals surface area contributed by atoms with Crippen LogP contribution in [0.2, 0.25) is 0 Å². The lowest BCUT2D eigenvalue weighted by molar-refractivity contribution is 0.309. The maximum absolute atomic E-state index is 12.1. The minimum absolute atomic E-state index is 0.164. The van der Waals surface area contributed by atoms with E-state index >= 15 is 0 Å². The third-order valence-corrected chi connectivity index (χ3v) is 4.47. The third kappa shape index (κ3) is 4.46. The molecule has 7 heteroatoms. The maximum Gasteiger partial charge on any atom is 0.242 e. The first-order valence-electron chi connectivity index (χ1n) is 6.32. The Morgan fingerprint density at radius 3 is 2.42 bits per heavy atom. The number of likely N-dealkylation sites (N-methyl/N-ethyl adjacent to an activating group) is 1. The number of anilines is 1. The van der Waals surface area contributed by atoms with Crippen LogP contribution in [0.5, 0.6) is 0 Å². The van der Waals surface area contributed by atoms with Crippen molar-refractivity contribution < 1.29 is 8.42 Å². The molecule has 6 nitrogen and oxygen atoms in total. The molecule has 0 amide bonds. The van der Waals surface area contributed by atoms with Gasteiger partial charge in [0.15, 0.2) is 0 Å². The molecule has 1 rings (SSSR count). The number of nitrogens with two attached hydrogens (primary N) is 1. The molecule has 0 unspecified atom stereocenters. The lowest BCUT2D eigenvalue weighted by Crippen LogP contribution is -2.35. The van der Waals surface area contributed by atoms with Crippen LogP contribution in [0.4, 0.5) is 5.69 Å². The van der Waals surface area contributed by atoms with Gasteiger partial charge in [-0.2, -0.15) is 0 Å². The van der Waals surface area contributed by atoms with Crippen molar-refractivity contribution in [3.63, 3.8) is 0 Å². The highest BCUT2D eigenvalue weighted by atomic mass is 32.2. The summed E-state index contributed by atoms with van der Waals surface area (Å²) < 4.78 is 26.9. The number of hydrogen-bond acceptors (Lipinski definition) is 5. The van der Waals surface area contributed by atoms with Crippen LogP contribution in [-0.2, 0) is 10.0 Å². The van der Waals surface area contributed by atoms with Crippen molar-refractivity contribution in [2.45, 2.75) is 18.7 Å². The zero-order valence-electron chi connectivity index (χ0n) is 11.4. The number of sulfonamides is 1. The molecule has 0 radical (unpaired) electrons. The van der Waals surface area contributed by atoms with Crippen LogP contribution in [0.25, 0.3) is 0 Å². The summed E-state index contributed by atoms with van der Waals surface area (Å²) in [5.41, 5.74) is 2.78. The normalized spacial score (nSPS) is 11.8. The summed E-state index contributed by atoms with van der Waals surface area (Å²) in [6.07, 6.45) is 0. The minimum atomic E-state index is -3.53. The van der Waals surface area contributed by atoms with Gasteiger partial charge < -0.3 is 10.3 Å². The predicted molar refractivity (Wildman–Crippen MR) is 77.2 cm³/mol. The number of hydrazine groups is 1. The molecule has 0 spiro atoms. The van der Waals surface area contributed by atoms with Crippen molar-refractivity contribution in [1.82, 2.24) is 9.62 Å². The summed E-state index contributed by atoms with van der Waals surface area (Å²) in [6, 6.07) is 6.54. The number of nitrogens with zero attached hydrogens (tertiary/aromatic N) is 1. The minimum Gasteiger partial charge on any atom is -0.323 e. The second kappa shape index (κ2) is 7.44. The monoisotopic (exact) mass is 286 g/mol. The molecule has 1 aromatic rings. The molecule has 0 bridgehead atoms. The van der Waals surface area contributed by atoms with E-state index in [1.807, 2.05) is 13.8 Å². The SMILES string of the molecule is CCN(CC)CCNS(=O)(=O)c1ccccc1NN. The van der Waals surface area contributed by atoms with Crippen molar-refractivity contribution in [3.8, 4) is 0 Å². The summed E-state index contributed by atoms with van der Waals surface area (Å²) in [4.78, 5) is 2.31. The van der Waals surface area contributed by atoms with Crippen LogP contribution >= 0.6 is 0 Å². The van der Waals surface area contributed by atoms with Gasteiger partial charge in [-0.1, -0.05) is 26.0 Å². The molecule has 0 fully saturated rings. The quantitative estimate of drug-likeness (QED) is 0.481. The van der Waals surface area contributed by atoms with E-state index in [9.17, 15) is 8.42 Å². The van der Waals surface area contributed by atoms with Gasteiger partial charge in [-0.3, -0.25) is 5.84 Å². The molecule has 108 valence electrons. The highest BCUT2D eigenvalue weighted by Gasteiger charge is 2.17. The summed E-state index contributed by atoms with van der Waals surface area (Å²) in [5.74, 6) is 5.32. The average Bonchev–Trinajstić information content (AvgIpc) is 2.43. The molecule has 0 saturated carbocycles. The summed E-state index contributed by atoms with van der Waals surface area (Å²) in [7, 11) is -3.53. The van der Waals surface area contributed by atoms with Crippen molar-refractivity contribution in [2.75, 3.05) is 31.6 Å². The largest absolute Gasteiger partial charge is 0.323 e. The Bertz CT molecular complexity index is 486. The summed E-state index contributed by atoms with van der Waals surface area (Å²) in [6.45, 7) is 6.96. The standard InChI is InChI=1S/C12H22N4O2S/c1-3-16(4-2)10-9-14-19(17,18)12-8-6-5-7-11(12)15-13/h5-8,14-15H,3-4,9-10,13H2,1-2H3. The van der Waals surface area contributed by atoms with Gasteiger partial charge in [0, 0.05) is 13.1 Å². The Balaban J connectivity index is 2.71. The first kappa shape index (κ1) is 15.9. The average molecular weight is 286 g/mol. The van der Waals surface area contributed by atoms with E-state index in [-0.39, 0.29) is 4.90 Å². The molecular formula is C12H22N4O2S. The van der Waals surface area contributed by atoms with Crippen molar-refractivity contribution in [1.29, 1.82) is 0 Å². The van der Waals surface area contributed by atoms with E-state index in [0.29, 0.717) is 18.8 Å². The smallest absolute Gasteiger partial charge is 0.242 e. The highest BCUT2D eigenvalue weighted by molar-refractivity contribution is 7.89. The number of benzene rings is 1. The van der Waals surface area contributed by atoms with Crippen molar-refractivity contribution in [2.24, 2.45) is 5.84 Å². The molecule has 0 aliphatic rings. The lowest BCUT2D eigenvalue weighted by atomic mass is 10.3. The molecule has 0 saturated heterocycles. The van der Waals surface area contributed by atoms with Gasteiger partial charge in [-0.25, -0.2) is 13.1 Å². The van der Waals surface area contributed by atoms with Crippen LogP contribution in [0.1, 0.15) is 13.8 Å². The Labute approximate surface area is 115 Å². The van der Waals surface area contributed by atoms with Crippen LogP contribution in [-0.4, -0.2) is 39.5 Å². The Hall–Kier alpha value is -1.15. The molecular weight excluding hydrogens is 264 g/mol. The van der Waals surface area contributed by atoms with Gasteiger partial charge in [0.1, 0.15) is 4.90 Å². The maximum atomic E-state index is 12.1. The van der Waals surface area contributed by atoms with Crippen LogP contribution in [0.3, 0.4) is 0 Å². The molecule has 0 aliphatic carbocycles. The molecule has 0 aliphatic heterocycles. The van der Waals surface area contributed by atoms with Gasteiger partial charge in [-0.15, -0.1) is 0 Å². The number of rotatable bonds is 8. The Morgan fingerprint density at radius 1 is 1.21 bits per heavy atom. The number of nitrogen functional groups attached to an aromatic ring is 1. The molecule has 19 heavy (non-hydrogen) atoms. The van der Waals surface area contributed by atoms with Gasteiger partial charge in [0.25, 0.3) is 0 Å². The summed E-state index contributed by atoms with van der Waals surface area (Å²) >= 11 is 0. The number of nitrogens with one attached hydrogen (secondary N) is 2. The lowest BCUT2D eigenvalue weighted by Gasteiger charge is -2.18. The van der Waals surface area contributed by atoms with E-state index in [2.05, 4.69) is 15.0 Å². The van der Waals surface area contributed by atoms with Gasteiger partial charge in [0.05, 0.1) is 5.69 Å². The fourth-order valence-electron chi connectivity index (χ4n) is 1.78. The van der Waals surface area contributed by atoms with Gasteiger partial charge >= 0.3 is 0 Å². The predicted octanol–water partition coefficient (Wildman–Crippen LogP) is 0.592. The van der Waals surface area contributed by atoms with Crippen LogP contribution in [0.15, 0.2) is 29.2 Å². The molecule has 0 atom stereocenters. The van der Waals surface area contributed by atoms with E-state index in [4.69, 9.17) is 5.84 Å². The fourth-order valence-corrected chi connectivity index (χ4v) is 2.97. The zero-order valence-corrected chi connectivity index (χ0v) is 12.2. The molecule has 4 N–H and O–H groups in total. The number of hydrogen-bond donors (Lipinski definition) is 3. The molecule has 1 aromatic carbocycles. The number of para-hydroxylation sites is 1. The first-order valence-corrected chi connectivity index (χ1v) is 7.81. The highest BCUT2D eigenvalue weighted by Crippen LogP contribution is 2.18. The molecule has 0 heterocycles. The fraction of sp³-hybridized carbons (Fsp3) is 0.500. The Morgan fingerprint density at radius 2 is 1.84 bits per heavy atom. The van der Waals surface area contributed by atoms with Crippen LogP contribution < -0.4 is 16.0 Å². The second-order valence-corrected chi connectivity index (χ2v) is 5.80. The zero-order chi connectivity index (χ0) is 14.3. The topological polar surface area (TPSA) is 87.5 Å². The van der Waals surface area contributed by atoms with Crippen molar-refractivity contribution >= 4 is 15.7 Å². The van der Waals surface area contributed by atoms with Gasteiger partial charge in [0.2, 0.25) is 10.0 Å².